The highest BCUT2D eigenvalue weighted by Gasteiger charge is 2.26. The molecule has 2 nitrogen and oxygen atoms in total. The Morgan fingerprint density at radius 1 is 1.75 bits per heavy atom. The van der Waals surface area contributed by atoms with E-state index in [1.165, 1.54) is 0 Å². The van der Waals surface area contributed by atoms with Crippen molar-refractivity contribution in [3.63, 3.8) is 0 Å². The molecule has 0 heterocycles. The molecule has 1 saturated carbocycles. The molecule has 0 bridgehead atoms. The van der Waals surface area contributed by atoms with Crippen LogP contribution in [0.25, 0.3) is 0 Å². The third-order valence-corrected chi connectivity index (χ3v) is 1.61. The summed E-state index contributed by atoms with van der Waals surface area (Å²) < 4.78 is 0. The van der Waals surface area contributed by atoms with E-state index in [1.807, 2.05) is 6.92 Å². The van der Waals surface area contributed by atoms with Crippen LogP contribution in [0.5, 0.6) is 0 Å². The molecule has 2 heteroatoms. The van der Waals surface area contributed by atoms with Gasteiger partial charge in [0.2, 0.25) is 0 Å². The molecule has 1 rings (SSSR count). The number of carbonyl (C=O) groups excluding carboxylic acids is 1. The van der Waals surface area contributed by atoms with Gasteiger partial charge in [0, 0.05) is 12.3 Å². The fourth-order valence-corrected chi connectivity index (χ4v) is 1.06. The minimum absolute atomic E-state index is 0.102. The molecule has 0 aromatic heterocycles. The van der Waals surface area contributed by atoms with E-state index < -0.39 is 0 Å². The second-order valence-electron chi connectivity index (χ2n) is 2.46. The summed E-state index contributed by atoms with van der Waals surface area (Å²) in [5.74, 6) is 0.308. The Balaban J connectivity index is 2.51. The first kappa shape index (κ1) is 5.76. The maximum atomic E-state index is 10.6. The van der Waals surface area contributed by atoms with Gasteiger partial charge in [0.05, 0.1) is 6.10 Å². The highest BCUT2D eigenvalue weighted by molar-refractivity contribution is 5.83. The fourth-order valence-electron chi connectivity index (χ4n) is 1.06. The first-order chi connectivity index (χ1) is 3.70. The third kappa shape index (κ3) is 0.892. The summed E-state index contributed by atoms with van der Waals surface area (Å²) in [5, 5.41) is 8.85. The highest BCUT2D eigenvalue weighted by Crippen LogP contribution is 2.20. The molecule has 1 N–H and O–H groups in total. The van der Waals surface area contributed by atoms with Gasteiger partial charge < -0.3 is 5.11 Å². The molecular formula is C6H10O2. The lowest BCUT2D eigenvalue weighted by Gasteiger charge is -1.94. The monoisotopic (exact) mass is 114 g/mol. The van der Waals surface area contributed by atoms with Gasteiger partial charge >= 0.3 is 0 Å². The number of carbonyl (C=O) groups is 1. The van der Waals surface area contributed by atoms with Crippen LogP contribution in [0, 0.1) is 5.92 Å². The van der Waals surface area contributed by atoms with Crippen molar-refractivity contribution in [2.45, 2.75) is 25.9 Å². The average Bonchev–Trinajstić information content (AvgIpc) is 1.85. The first-order valence-corrected chi connectivity index (χ1v) is 2.91. The molecule has 0 spiro atoms. The molecule has 0 saturated heterocycles. The molecule has 1 aliphatic carbocycles. The van der Waals surface area contributed by atoms with Gasteiger partial charge in [-0.1, -0.05) is 6.92 Å². The van der Waals surface area contributed by atoms with E-state index in [0.717, 1.165) is 0 Å². The number of rotatable bonds is 0. The lowest BCUT2D eigenvalue weighted by molar-refractivity contribution is -0.120. The minimum atomic E-state index is -0.350. The van der Waals surface area contributed by atoms with Gasteiger partial charge in [0.25, 0.3) is 0 Å². The summed E-state index contributed by atoms with van der Waals surface area (Å²) in [5.41, 5.74) is 0. The van der Waals surface area contributed by atoms with E-state index >= 15 is 0 Å². The molecule has 1 aliphatic rings. The zero-order chi connectivity index (χ0) is 6.15. The van der Waals surface area contributed by atoms with Gasteiger partial charge in [0.15, 0.2) is 0 Å². The Morgan fingerprint density at radius 3 is 2.50 bits per heavy atom. The van der Waals surface area contributed by atoms with Crippen molar-refractivity contribution in [3.05, 3.63) is 0 Å². The van der Waals surface area contributed by atoms with Gasteiger partial charge in [-0.15, -0.1) is 0 Å². The molecular weight excluding hydrogens is 104 g/mol. The fraction of sp³-hybridized carbons (Fsp3) is 0.833. The van der Waals surface area contributed by atoms with Crippen molar-refractivity contribution in [2.24, 2.45) is 5.92 Å². The number of hydrogen-bond donors (Lipinski definition) is 1. The van der Waals surface area contributed by atoms with Crippen LogP contribution in [0.15, 0.2) is 0 Å². The summed E-state index contributed by atoms with van der Waals surface area (Å²) in [6.45, 7) is 1.86. The second kappa shape index (κ2) is 1.86. The van der Waals surface area contributed by atoms with Gasteiger partial charge in [0.1, 0.15) is 5.78 Å². The first-order valence-electron chi connectivity index (χ1n) is 2.91. The van der Waals surface area contributed by atoms with Crippen LogP contribution in [0.2, 0.25) is 0 Å². The molecule has 0 unspecified atom stereocenters. The topological polar surface area (TPSA) is 37.3 Å². The lowest BCUT2D eigenvalue weighted by atomic mass is 10.1. The van der Waals surface area contributed by atoms with Gasteiger partial charge in [-0.2, -0.15) is 0 Å². The largest absolute Gasteiger partial charge is 0.393 e. The molecule has 2 atom stereocenters. The van der Waals surface area contributed by atoms with Crippen molar-refractivity contribution in [1.82, 2.24) is 0 Å². The van der Waals surface area contributed by atoms with E-state index in [0.29, 0.717) is 12.8 Å². The van der Waals surface area contributed by atoms with E-state index in [2.05, 4.69) is 0 Å². The maximum Gasteiger partial charge on any atom is 0.138 e. The summed E-state index contributed by atoms with van der Waals surface area (Å²) >= 11 is 0. The second-order valence-corrected chi connectivity index (χ2v) is 2.46. The average molecular weight is 114 g/mol. The maximum absolute atomic E-state index is 10.6. The number of Topliss-reactive ketones (excluding diaryl/α,β-unsaturated/α-hetero) is 1. The van der Waals surface area contributed by atoms with E-state index in [-0.39, 0.29) is 17.8 Å². The minimum Gasteiger partial charge on any atom is -0.393 e. The van der Waals surface area contributed by atoms with Crippen LogP contribution in [-0.2, 0) is 4.79 Å². The molecule has 0 aromatic carbocycles. The Kier molecular flexibility index (Phi) is 1.34. The molecule has 0 aliphatic heterocycles. The van der Waals surface area contributed by atoms with Crippen molar-refractivity contribution in [2.75, 3.05) is 0 Å². The zero-order valence-electron chi connectivity index (χ0n) is 4.92. The van der Waals surface area contributed by atoms with E-state index in [9.17, 15) is 4.79 Å². The number of ketones is 1. The van der Waals surface area contributed by atoms with Crippen LogP contribution in [-0.4, -0.2) is 17.0 Å². The Hall–Kier alpha value is -0.370. The third-order valence-electron chi connectivity index (χ3n) is 1.61. The van der Waals surface area contributed by atoms with Crippen LogP contribution in [0.1, 0.15) is 19.8 Å². The van der Waals surface area contributed by atoms with E-state index in [4.69, 9.17) is 5.11 Å². The van der Waals surface area contributed by atoms with Gasteiger partial charge in [-0.25, -0.2) is 0 Å². The van der Waals surface area contributed by atoms with Crippen LogP contribution < -0.4 is 0 Å². The SMILES string of the molecule is C[C@@H]1C[C@H](O)CC1=O. The summed E-state index contributed by atoms with van der Waals surface area (Å²) in [6, 6.07) is 0. The summed E-state index contributed by atoms with van der Waals surface area (Å²) in [7, 11) is 0. The Morgan fingerprint density at radius 2 is 2.38 bits per heavy atom. The lowest BCUT2D eigenvalue weighted by Crippen LogP contribution is -1.99. The van der Waals surface area contributed by atoms with Crippen molar-refractivity contribution in [1.29, 1.82) is 0 Å². The summed E-state index contributed by atoms with van der Waals surface area (Å²) in [4.78, 5) is 10.6. The summed E-state index contributed by atoms with van der Waals surface area (Å²) in [6.07, 6.45) is 0.692. The van der Waals surface area contributed by atoms with E-state index in [1.54, 1.807) is 0 Å². The van der Waals surface area contributed by atoms with Crippen molar-refractivity contribution in [3.8, 4) is 0 Å². The Bertz CT molecular complexity index is 109. The Labute approximate surface area is 48.5 Å². The predicted octanol–water partition coefficient (Wildman–Crippen LogP) is 0.346. The number of hydrogen-bond acceptors (Lipinski definition) is 2. The molecule has 0 amide bonds. The van der Waals surface area contributed by atoms with Crippen LogP contribution in [0.3, 0.4) is 0 Å². The van der Waals surface area contributed by atoms with Crippen LogP contribution >= 0.6 is 0 Å². The normalized spacial score (nSPS) is 38.5. The smallest absolute Gasteiger partial charge is 0.138 e. The van der Waals surface area contributed by atoms with Gasteiger partial charge in [-0.3, -0.25) is 4.79 Å². The van der Waals surface area contributed by atoms with Crippen LogP contribution in [0.4, 0.5) is 0 Å². The van der Waals surface area contributed by atoms with Gasteiger partial charge in [-0.05, 0) is 6.42 Å². The highest BCUT2D eigenvalue weighted by atomic mass is 16.3. The molecule has 0 aromatic rings. The number of aliphatic hydroxyl groups is 1. The molecule has 0 radical (unpaired) electrons. The zero-order valence-corrected chi connectivity index (χ0v) is 4.92. The quantitative estimate of drug-likeness (QED) is 0.493. The number of aliphatic hydroxyl groups excluding tert-OH is 1. The standard InChI is InChI=1S/C6H10O2/c1-4-2-5(7)3-6(4)8/h4-5,7H,2-3H2,1H3/t4-,5+/m1/s1. The molecule has 8 heavy (non-hydrogen) atoms. The van der Waals surface area contributed by atoms with Crippen molar-refractivity contribution >= 4 is 5.78 Å². The molecule has 46 valence electrons. The van der Waals surface area contributed by atoms with Crippen molar-refractivity contribution < 1.29 is 9.90 Å². The molecule has 1 fully saturated rings. The predicted molar refractivity (Wildman–Crippen MR) is 29.4 cm³/mol.